The van der Waals surface area contributed by atoms with E-state index in [2.05, 4.69) is 37.1 Å². The van der Waals surface area contributed by atoms with E-state index in [1.165, 1.54) is 6.07 Å². The van der Waals surface area contributed by atoms with Crippen LogP contribution in [0.5, 0.6) is 0 Å². The molecule has 0 atom stereocenters. The molecule has 3 rings (SSSR count). The van der Waals surface area contributed by atoms with Crippen molar-refractivity contribution in [3.05, 3.63) is 47.4 Å². The molecular weight excluding hydrogens is 516 g/mol. The molecule has 0 radical (unpaired) electrons. The second-order valence-corrected chi connectivity index (χ2v) is 7.83. The molecule has 0 saturated heterocycles. The first-order valence-electron chi connectivity index (χ1n) is 9.70. The van der Waals surface area contributed by atoms with E-state index in [-0.39, 0.29) is 29.8 Å². The van der Waals surface area contributed by atoms with Crippen LogP contribution >= 0.6 is 35.7 Å². The van der Waals surface area contributed by atoms with Gasteiger partial charge in [0, 0.05) is 37.2 Å². The smallest absolute Gasteiger partial charge is 0.191 e. The number of thioether (sulfide) groups is 1. The number of aromatic nitrogens is 4. The van der Waals surface area contributed by atoms with Crippen molar-refractivity contribution in [1.82, 2.24) is 30.4 Å². The van der Waals surface area contributed by atoms with Crippen molar-refractivity contribution in [2.24, 2.45) is 12.0 Å². The first-order chi connectivity index (χ1) is 14.1. The predicted octanol–water partition coefficient (Wildman–Crippen LogP) is 3.39. The van der Waals surface area contributed by atoms with Gasteiger partial charge in [-0.15, -0.1) is 34.2 Å². The van der Waals surface area contributed by atoms with Crippen LogP contribution in [-0.4, -0.2) is 50.8 Å². The van der Waals surface area contributed by atoms with Crippen molar-refractivity contribution in [2.45, 2.75) is 26.3 Å². The SMILES string of the molecule is CSCCCNC(=NCc1nnc(C)n1C)NCCc1c[nH]c2ccc(F)cc12.I. The van der Waals surface area contributed by atoms with E-state index in [1.54, 1.807) is 12.1 Å². The van der Waals surface area contributed by atoms with Gasteiger partial charge in [0.2, 0.25) is 0 Å². The van der Waals surface area contributed by atoms with Crippen LogP contribution in [0.25, 0.3) is 10.9 Å². The first kappa shape index (κ1) is 24.4. The second kappa shape index (κ2) is 12.1. The maximum absolute atomic E-state index is 13.6. The van der Waals surface area contributed by atoms with E-state index in [1.807, 2.05) is 36.5 Å². The fraction of sp³-hybridized carbons (Fsp3) is 0.450. The maximum Gasteiger partial charge on any atom is 0.191 e. The summed E-state index contributed by atoms with van der Waals surface area (Å²) in [6.07, 6.45) is 5.87. The van der Waals surface area contributed by atoms with E-state index < -0.39 is 0 Å². The van der Waals surface area contributed by atoms with Crippen LogP contribution in [-0.2, 0) is 20.0 Å². The minimum absolute atomic E-state index is 0. The molecule has 0 spiro atoms. The van der Waals surface area contributed by atoms with E-state index in [0.717, 1.165) is 59.2 Å². The number of nitrogens with one attached hydrogen (secondary N) is 3. The molecule has 2 heterocycles. The molecule has 0 saturated carbocycles. The number of halogens is 2. The van der Waals surface area contributed by atoms with Crippen LogP contribution in [0, 0.1) is 12.7 Å². The van der Waals surface area contributed by atoms with E-state index in [9.17, 15) is 4.39 Å². The highest BCUT2D eigenvalue weighted by atomic mass is 127. The topological polar surface area (TPSA) is 82.9 Å². The average molecular weight is 545 g/mol. The lowest BCUT2D eigenvalue weighted by atomic mass is 10.1. The zero-order valence-electron chi connectivity index (χ0n) is 17.5. The van der Waals surface area contributed by atoms with E-state index in [4.69, 9.17) is 0 Å². The Kier molecular flexibility index (Phi) is 9.89. The van der Waals surface area contributed by atoms with Gasteiger partial charge in [0.25, 0.3) is 0 Å². The summed E-state index contributed by atoms with van der Waals surface area (Å²) in [6.45, 7) is 3.91. The monoisotopic (exact) mass is 545 g/mol. The normalized spacial score (nSPS) is 11.5. The highest BCUT2D eigenvalue weighted by Crippen LogP contribution is 2.19. The summed E-state index contributed by atoms with van der Waals surface area (Å²) < 4.78 is 15.5. The van der Waals surface area contributed by atoms with Crippen molar-refractivity contribution >= 4 is 52.6 Å². The van der Waals surface area contributed by atoms with Crippen molar-refractivity contribution in [2.75, 3.05) is 25.1 Å². The Morgan fingerprint density at radius 2 is 2.07 bits per heavy atom. The molecule has 0 aliphatic carbocycles. The highest BCUT2D eigenvalue weighted by molar-refractivity contribution is 14.0. The summed E-state index contributed by atoms with van der Waals surface area (Å²) in [7, 11) is 1.94. The first-order valence-corrected chi connectivity index (χ1v) is 11.1. The Labute approximate surface area is 197 Å². The van der Waals surface area contributed by atoms with Gasteiger partial charge in [-0.3, -0.25) is 0 Å². The van der Waals surface area contributed by atoms with Gasteiger partial charge >= 0.3 is 0 Å². The number of guanidine groups is 1. The second-order valence-electron chi connectivity index (χ2n) is 6.84. The molecule has 0 fully saturated rings. The van der Waals surface area contributed by atoms with Crippen LogP contribution in [0.3, 0.4) is 0 Å². The third-order valence-electron chi connectivity index (χ3n) is 4.80. The largest absolute Gasteiger partial charge is 0.361 e. The quantitative estimate of drug-likeness (QED) is 0.166. The van der Waals surface area contributed by atoms with Gasteiger partial charge < -0.3 is 20.2 Å². The number of aryl methyl sites for hydroxylation is 1. The zero-order chi connectivity index (χ0) is 20.6. The zero-order valence-corrected chi connectivity index (χ0v) is 20.7. The number of aliphatic imine (C=N–C) groups is 1. The molecule has 0 bridgehead atoms. The Morgan fingerprint density at radius 3 is 2.80 bits per heavy atom. The minimum atomic E-state index is -0.219. The lowest BCUT2D eigenvalue weighted by Crippen LogP contribution is -2.39. The molecule has 0 amide bonds. The molecule has 0 aliphatic rings. The van der Waals surface area contributed by atoms with Gasteiger partial charge in [-0.1, -0.05) is 0 Å². The number of rotatable bonds is 9. The van der Waals surface area contributed by atoms with Gasteiger partial charge in [0.1, 0.15) is 18.2 Å². The minimum Gasteiger partial charge on any atom is -0.361 e. The Balaban J connectivity index is 0.00000320. The van der Waals surface area contributed by atoms with Crippen LogP contribution in [0.2, 0.25) is 0 Å². The summed E-state index contributed by atoms with van der Waals surface area (Å²) >= 11 is 1.83. The number of H-pyrrole nitrogens is 1. The Bertz CT molecular complexity index is 969. The van der Waals surface area contributed by atoms with Crippen LogP contribution in [0.15, 0.2) is 29.4 Å². The summed E-state index contributed by atoms with van der Waals surface area (Å²) in [5.74, 6) is 3.31. The highest BCUT2D eigenvalue weighted by Gasteiger charge is 2.07. The van der Waals surface area contributed by atoms with Gasteiger partial charge in [0.05, 0.1) is 0 Å². The molecule has 7 nitrogen and oxygen atoms in total. The van der Waals surface area contributed by atoms with Crippen molar-refractivity contribution in [1.29, 1.82) is 0 Å². The summed E-state index contributed by atoms with van der Waals surface area (Å²) in [4.78, 5) is 7.85. The number of benzene rings is 1. The fourth-order valence-corrected chi connectivity index (χ4v) is 3.44. The number of nitrogens with zero attached hydrogens (tertiary/aromatic N) is 4. The maximum atomic E-state index is 13.6. The van der Waals surface area contributed by atoms with Gasteiger partial charge in [0.15, 0.2) is 11.8 Å². The molecular formula is C20H29FIN7S. The number of hydrogen-bond donors (Lipinski definition) is 3. The average Bonchev–Trinajstić information content (AvgIpc) is 3.26. The molecule has 1 aromatic carbocycles. The predicted molar refractivity (Wildman–Crippen MR) is 133 cm³/mol. The Hall–Kier alpha value is -1.82. The summed E-state index contributed by atoms with van der Waals surface area (Å²) in [5.41, 5.74) is 2.03. The molecule has 0 aliphatic heterocycles. The Morgan fingerprint density at radius 1 is 1.27 bits per heavy atom. The molecule has 164 valence electrons. The number of fused-ring (bicyclic) bond motifs is 1. The third kappa shape index (κ3) is 6.59. The fourth-order valence-electron chi connectivity index (χ4n) is 3.01. The third-order valence-corrected chi connectivity index (χ3v) is 5.49. The lowest BCUT2D eigenvalue weighted by molar-refractivity contribution is 0.629. The number of aromatic amines is 1. The molecule has 30 heavy (non-hydrogen) atoms. The molecule has 3 N–H and O–H groups in total. The van der Waals surface area contributed by atoms with Crippen LogP contribution in [0.4, 0.5) is 4.39 Å². The lowest BCUT2D eigenvalue weighted by Gasteiger charge is -2.12. The number of hydrogen-bond acceptors (Lipinski definition) is 4. The van der Waals surface area contributed by atoms with Gasteiger partial charge in [-0.2, -0.15) is 11.8 Å². The van der Waals surface area contributed by atoms with Crippen molar-refractivity contribution in [3.63, 3.8) is 0 Å². The molecule has 2 aromatic heterocycles. The summed E-state index contributed by atoms with van der Waals surface area (Å²) in [5, 5.41) is 15.9. The van der Waals surface area contributed by atoms with Gasteiger partial charge in [-0.25, -0.2) is 9.38 Å². The van der Waals surface area contributed by atoms with Gasteiger partial charge in [-0.05, 0) is 55.5 Å². The van der Waals surface area contributed by atoms with Crippen LogP contribution < -0.4 is 10.6 Å². The molecule has 10 heteroatoms. The molecule has 3 aromatic rings. The summed E-state index contributed by atoms with van der Waals surface area (Å²) in [6, 6.07) is 4.82. The van der Waals surface area contributed by atoms with E-state index in [0.29, 0.717) is 13.1 Å². The standard InChI is InChI=1S/C20H28FN7S.HI/c1-14-26-27-19(28(14)2)13-25-20(22-8-4-10-29-3)23-9-7-15-12-24-18-6-5-16(21)11-17(15)18;/h5-6,11-12,24H,4,7-10,13H2,1-3H3,(H2,22,23,25);1H. The van der Waals surface area contributed by atoms with Crippen LogP contribution in [0.1, 0.15) is 23.6 Å². The van der Waals surface area contributed by atoms with E-state index >= 15 is 0 Å². The van der Waals surface area contributed by atoms with Crippen molar-refractivity contribution < 1.29 is 4.39 Å². The van der Waals surface area contributed by atoms with Crippen molar-refractivity contribution in [3.8, 4) is 0 Å². The molecule has 0 unspecified atom stereocenters.